The predicted octanol–water partition coefficient (Wildman–Crippen LogP) is 5.96. The summed E-state index contributed by atoms with van der Waals surface area (Å²) in [6.45, 7) is 9.23. The van der Waals surface area contributed by atoms with Gasteiger partial charge in [0.2, 0.25) is 0 Å². The van der Waals surface area contributed by atoms with E-state index in [1.165, 1.54) is 0 Å². The summed E-state index contributed by atoms with van der Waals surface area (Å²) in [5.41, 5.74) is 20.4. The van der Waals surface area contributed by atoms with Gasteiger partial charge in [0.15, 0.2) is 0 Å². The van der Waals surface area contributed by atoms with Crippen LogP contribution < -0.4 is 4.90 Å². The molecule has 1 aliphatic rings. The van der Waals surface area contributed by atoms with Crippen LogP contribution in [0.3, 0.4) is 0 Å². The molecule has 0 amide bonds. The molecule has 12 heteroatoms. The van der Waals surface area contributed by atoms with Gasteiger partial charge in [0.05, 0.1) is 18.8 Å². The molecule has 0 aliphatic heterocycles. The molecule has 2 aromatic rings. The van der Waals surface area contributed by atoms with E-state index < -0.39 is 29.7 Å². The first-order valence-electron chi connectivity index (χ1n) is 14.7. The minimum atomic E-state index is -0.735. The largest absolute Gasteiger partial charge is 0.458 e. The van der Waals surface area contributed by atoms with Crippen LogP contribution in [0.1, 0.15) is 75.0 Å². The number of aliphatic hydroxyl groups is 2. The summed E-state index contributed by atoms with van der Waals surface area (Å²) in [6, 6.07) is 15.6. The highest BCUT2D eigenvalue weighted by molar-refractivity contribution is 5.71. The van der Waals surface area contributed by atoms with Gasteiger partial charge in [-0.3, -0.25) is 0 Å². The van der Waals surface area contributed by atoms with Crippen LogP contribution in [0.5, 0.6) is 0 Å². The standard InChI is InChI=1S/C31H43N7O5/c1-5-21(14-15-34-36-32)22-6-8-23(9-7-22)27-29(40)28(30(27)41)24-10-12-25(13-11-24)38(17-16-35-37-33)18-19-42-20-26(39)43-31(2,3)4/h6-13,21,27-30,40-41H,5,14-20H2,1-4H3. The van der Waals surface area contributed by atoms with E-state index in [0.29, 0.717) is 19.6 Å². The summed E-state index contributed by atoms with van der Waals surface area (Å²) in [5, 5.41) is 29.4. The number of benzene rings is 2. The van der Waals surface area contributed by atoms with E-state index in [1.807, 2.05) is 53.4 Å². The fourth-order valence-corrected chi connectivity index (χ4v) is 5.54. The number of nitrogens with zero attached hydrogens (tertiary/aromatic N) is 7. The zero-order valence-electron chi connectivity index (χ0n) is 25.4. The van der Waals surface area contributed by atoms with Crippen LogP contribution in [-0.4, -0.2) is 73.4 Å². The molecule has 1 fully saturated rings. The first kappa shape index (κ1) is 33.7. The Morgan fingerprint density at radius 2 is 1.49 bits per heavy atom. The summed E-state index contributed by atoms with van der Waals surface area (Å²) in [6.07, 6.45) is 0.228. The van der Waals surface area contributed by atoms with Crippen LogP contribution in [0.2, 0.25) is 0 Å². The Kier molecular flexibility index (Phi) is 12.7. The van der Waals surface area contributed by atoms with Crippen LogP contribution in [0.25, 0.3) is 20.9 Å². The third kappa shape index (κ3) is 9.61. The molecule has 0 spiro atoms. The van der Waals surface area contributed by atoms with Crippen LogP contribution in [0, 0.1) is 0 Å². The average Bonchev–Trinajstić information content (AvgIpc) is 2.97. The van der Waals surface area contributed by atoms with Gasteiger partial charge in [0, 0.05) is 53.5 Å². The highest BCUT2D eigenvalue weighted by Crippen LogP contribution is 2.48. The van der Waals surface area contributed by atoms with Crippen molar-refractivity contribution in [1.29, 1.82) is 0 Å². The Hall–Kier alpha value is -3.79. The van der Waals surface area contributed by atoms with Gasteiger partial charge in [-0.15, -0.1) is 0 Å². The smallest absolute Gasteiger partial charge is 0.332 e. The van der Waals surface area contributed by atoms with Crippen molar-refractivity contribution in [3.63, 3.8) is 0 Å². The van der Waals surface area contributed by atoms with Gasteiger partial charge >= 0.3 is 5.97 Å². The molecule has 232 valence electrons. The number of esters is 1. The number of hydrogen-bond donors (Lipinski definition) is 2. The summed E-state index contributed by atoms with van der Waals surface area (Å²) < 4.78 is 10.8. The Morgan fingerprint density at radius 3 is 2.02 bits per heavy atom. The van der Waals surface area contributed by atoms with Gasteiger partial charge in [-0.1, -0.05) is 53.6 Å². The molecule has 0 heterocycles. The fourth-order valence-electron chi connectivity index (χ4n) is 5.54. The second-order valence-electron chi connectivity index (χ2n) is 11.7. The fraction of sp³-hybridized carbons (Fsp3) is 0.581. The molecule has 3 atom stereocenters. The summed E-state index contributed by atoms with van der Waals surface area (Å²) in [4.78, 5) is 19.6. The maximum Gasteiger partial charge on any atom is 0.332 e. The number of carbonyl (C=O) groups excluding carboxylic acids is 1. The number of hydrogen-bond acceptors (Lipinski definition) is 8. The quantitative estimate of drug-likeness (QED) is 0.0797. The molecular formula is C31H43N7O5. The van der Waals surface area contributed by atoms with E-state index >= 15 is 0 Å². The lowest BCUT2D eigenvalue weighted by Crippen LogP contribution is -2.51. The van der Waals surface area contributed by atoms with E-state index in [1.54, 1.807) is 20.8 Å². The molecule has 2 aromatic carbocycles. The molecule has 0 saturated heterocycles. The SMILES string of the molecule is CCC(CCN=[N+]=[N-])c1ccc(C2C(O)C(c3ccc(N(CCN=[N+]=[N-])CCOCC(=O)OC(C)(C)C)cc3)C2O)cc1. The highest BCUT2D eigenvalue weighted by atomic mass is 16.6. The van der Waals surface area contributed by atoms with Gasteiger partial charge in [0.1, 0.15) is 12.2 Å². The molecule has 3 rings (SSSR count). The maximum absolute atomic E-state index is 11.9. The molecule has 0 bridgehead atoms. The Balaban J connectivity index is 1.61. The van der Waals surface area contributed by atoms with Gasteiger partial charge in [-0.2, -0.15) is 0 Å². The van der Waals surface area contributed by atoms with Crippen LogP contribution in [0.15, 0.2) is 58.8 Å². The molecule has 1 saturated carbocycles. The van der Waals surface area contributed by atoms with Crippen LogP contribution in [0.4, 0.5) is 5.69 Å². The van der Waals surface area contributed by atoms with Crippen molar-refractivity contribution in [1.82, 2.24) is 0 Å². The van der Waals surface area contributed by atoms with Crippen molar-refractivity contribution in [2.24, 2.45) is 10.2 Å². The zero-order chi connectivity index (χ0) is 31.4. The van der Waals surface area contributed by atoms with Crippen molar-refractivity contribution in [3.8, 4) is 0 Å². The summed E-state index contributed by atoms with van der Waals surface area (Å²) in [7, 11) is 0. The van der Waals surface area contributed by atoms with Crippen molar-refractivity contribution in [2.45, 2.75) is 76.1 Å². The molecule has 2 N–H and O–H groups in total. The van der Waals surface area contributed by atoms with Crippen molar-refractivity contribution in [2.75, 3.05) is 44.3 Å². The first-order chi connectivity index (χ1) is 20.6. The van der Waals surface area contributed by atoms with Gasteiger partial charge in [0.25, 0.3) is 0 Å². The normalized spacial score (nSPS) is 20.2. The predicted molar refractivity (Wildman–Crippen MR) is 165 cm³/mol. The molecular weight excluding hydrogens is 550 g/mol. The number of azide groups is 2. The number of rotatable bonds is 16. The Morgan fingerprint density at radius 1 is 0.930 bits per heavy atom. The Bertz CT molecular complexity index is 1260. The minimum Gasteiger partial charge on any atom is -0.458 e. The number of anilines is 1. The van der Waals surface area contributed by atoms with E-state index in [0.717, 1.165) is 35.2 Å². The van der Waals surface area contributed by atoms with Gasteiger partial charge < -0.3 is 24.6 Å². The molecule has 0 radical (unpaired) electrons. The lowest BCUT2D eigenvalue weighted by molar-refractivity contribution is -0.160. The van der Waals surface area contributed by atoms with Crippen LogP contribution in [-0.2, 0) is 14.3 Å². The topological polar surface area (TPSA) is 177 Å². The number of aliphatic hydroxyl groups excluding tert-OH is 2. The van der Waals surface area contributed by atoms with Crippen molar-refractivity contribution in [3.05, 3.63) is 86.1 Å². The summed E-state index contributed by atoms with van der Waals surface area (Å²) in [5.74, 6) is -0.953. The second kappa shape index (κ2) is 16.2. The zero-order valence-corrected chi connectivity index (χ0v) is 25.4. The lowest BCUT2D eigenvalue weighted by atomic mass is 9.63. The van der Waals surface area contributed by atoms with Crippen LogP contribution >= 0.6 is 0 Å². The van der Waals surface area contributed by atoms with Crippen molar-refractivity contribution >= 4 is 11.7 Å². The lowest BCUT2D eigenvalue weighted by Gasteiger charge is -2.47. The number of ether oxygens (including phenoxy) is 2. The first-order valence-corrected chi connectivity index (χ1v) is 14.7. The highest BCUT2D eigenvalue weighted by Gasteiger charge is 2.50. The third-order valence-corrected chi connectivity index (χ3v) is 7.72. The minimum absolute atomic E-state index is 0.154. The van der Waals surface area contributed by atoms with E-state index in [9.17, 15) is 15.0 Å². The molecule has 12 nitrogen and oxygen atoms in total. The monoisotopic (exact) mass is 593 g/mol. The molecule has 0 aromatic heterocycles. The number of carbonyl (C=O) groups is 1. The second-order valence-corrected chi connectivity index (χ2v) is 11.7. The molecule has 1 aliphatic carbocycles. The third-order valence-electron chi connectivity index (χ3n) is 7.72. The maximum atomic E-state index is 11.9. The van der Waals surface area contributed by atoms with E-state index in [4.69, 9.17) is 20.5 Å². The van der Waals surface area contributed by atoms with Gasteiger partial charge in [-0.05, 0) is 79.4 Å². The average molecular weight is 594 g/mol. The van der Waals surface area contributed by atoms with Crippen molar-refractivity contribution < 1.29 is 24.5 Å². The van der Waals surface area contributed by atoms with Gasteiger partial charge in [-0.25, -0.2) is 4.79 Å². The molecule has 43 heavy (non-hydrogen) atoms. The van der Waals surface area contributed by atoms with E-state index in [-0.39, 0.29) is 31.6 Å². The molecule has 3 unspecified atom stereocenters. The van der Waals surface area contributed by atoms with E-state index in [2.05, 4.69) is 27.0 Å². The Labute approximate surface area is 252 Å². The summed E-state index contributed by atoms with van der Waals surface area (Å²) >= 11 is 0.